The van der Waals surface area contributed by atoms with Gasteiger partial charge in [0.05, 0.1) is 13.2 Å². The molecule has 0 aliphatic carbocycles. The summed E-state index contributed by atoms with van der Waals surface area (Å²) in [5.74, 6) is 0.515. The summed E-state index contributed by atoms with van der Waals surface area (Å²) in [6.45, 7) is 11.3. The van der Waals surface area contributed by atoms with Crippen molar-refractivity contribution >= 4 is 0 Å². The molecule has 1 aliphatic heterocycles. The van der Waals surface area contributed by atoms with E-state index in [-0.39, 0.29) is 30.3 Å². The maximum absolute atomic E-state index is 9.05. The second-order valence-electron chi connectivity index (χ2n) is 7.80. The predicted molar refractivity (Wildman–Crippen MR) is 87.2 cm³/mol. The molecule has 0 aromatic carbocycles. The van der Waals surface area contributed by atoms with Crippen LogP contribution in [0.2, 0.25) is 0 Å². The van der Waals surface area contributed by atoms with Gasteiger partial charge in [-0.25, -0.2) is 0 Å². The summed E-state index contributed by atoms with van der Waals surface area (Å²) in [4.78, 5) is 2.08. The van der Waals surface area contributed by atoms with Crippen LogP contribution in [0.4, 0.5) is 0 Å². The van der Waals surface area contributed by atoms with E-state index in [1.54, 1.807) is 0 Å². The standard InChI is InChI=1S/C16H35N3O2/c1-15(2)11-13(12-16(3,4)18-15)14(17)5-6-19(7-9-20)8-10-21/h13-14,18,20-21H,5-12,17H2,1-4H3. The molecule has 0 radical (unpaired) electrons. The highest BCUT2D eigenvalue weighted by Crippen LogP contribution is 2.34. The van der Waals surface area contributed by atoms with Crippen LogP contribution in [0.1, 0.15) is 47.0 Å². The minimum Gasteiger partial charge on any atom is -0.395 e. The van der Waals surface area contributed by atoms with Crippen LogP contribution in [0.15, 0.2) is 0 Å². The lowest BCUT2D eigenvalue weighted by molar-refractivity contribution is 0.103. The van der Waals surface area contributed by atoms with Crippen LogP contribution in [0, 0.1) is 5.92 Å². The van der Waals surface area contributed by atoms with Gasteiger partial charge in [-0.15, -0.1) is 0 Å². The van der Waals surface area contributed by atoms with E-state index in [0.717, 1.165) is 25.8 Å². The maximum atomic E-state index is 9.05. The number of hydrogen-bond donors (Lipinski definition) is 4. The highest BCUT2D eigenvalue weighted by molar-refractivity contribution is 4.99. The lowest BCUT2D eigenvalue weighted by atomic mass is 9.72. The molecular formula is C16H35N3O2. The van der Waals surface area contributed by atoms with Gasteiger partial charge in [-0.05, 0) is 59.4 Å². The molecule has 0 spiro atoms. The van der Waals surface area contributed by atoms with Gasteiger partial charge in [-0.3, -0.25) is 4.90 Å². The lowest BCUT2D eigenvalue weighted by Crippen LogP contribution is -2.60. The van der Waals surface area contributed by atoms with E-state index in [0.29, 0.717) is 19.0 Å². The Morgan fingerprint density at radius 2 is 1.52 bits per heavy atom. The van der Waals surface area contributed by atoms with Gasteiger partial charge in [0.1, 0.15) is 0 Å². The van der Waals surface area contributed by atoms with E-state index in [2.05, 4.69) is 37.9 Å². The Bertz CT molecular complexity index is 286. The van der Waals surface area contributed by atoms with Crippen LogP contribution in [0.5, 0.6) is 0 Å². The number of rotatable bonds is 8. The molecule has 1 rings (SSSR count). The van der Waals surface area contributed by atoms with Gasteiger partial charge in [0.15, 0.2) is 0 Å². The minimum absolute atomic E-state index is 0.125. The quantitative estimate of drug-likeness (QED) is 0.526. The Balaban J connectivity index is 2.52. The Labute approximate surface area is 129 Å². The number of aliphatic hydroxyl groups excluding tert-OH is 2. The molecule has 0 bridgehead atoms. The van der Waals surface area contributed by atoms with Crippen LogP contribution in [-0.2, 0) is 0 Å². The number of piperidine rings is 1. The SMILES string of the molecule is CC1(C)CC(C(N)CCN(CCO)CCO)CC(C)(C)N1. The molecule has 126 valence electrons. The van der Waals surface area contributed by atoms with E-state index >= 15 is 0 Å². The second-order valence-corrected chi connectivity index (χ2v) is 7.80. The third-order valence-electron chi connectivity index (χ3n) is 4.44. The van der Waals surface area contributed by atoms with Gasteiger partial charge in [-0.2, -0.15) is 0 Å². The second kappa shape index (κ2) is 7.88. The summed E-state index contributed by atoms with van der Waals surface area (Å²) in [6, 6.07) is 0.172. The topological polar surface area (TPSA) is 81.8 Å². The van der Waals surface area contributed by atoms with Crippen LogP contribution in [0.3, 0.4) is 0 Å². The Kier molecular flexibility index (Phi) is 7.07. The van der Waals surface area contributed by atoms with Crippen molar-refractivity contribution in [1.82, 2.24) is 10.2 Å². The summed E-state index contributed by atoms with van der Waals surface area (Å²) in [7, 11) is 0. The van der Waals surface area contributed by atoms with Crippen LogP contribution in [0.25, 0.3) is 0 Å². The summed E-state index contributed by atoms with van der Waals surface area (Å²) in [5, 5.41) is 21.8. The summed E-state index contributed by atoms with van der Waals surface area (Å²) in [6.07, 6.45) is 3.10. The van der Waals surface area contributed by atoms with Crippen molar-refractivity contribution in [3.63, 3.8) is 0 Å². The summed E-state index contributed by atoms with van der Waals surface area (Å²) >= 11 is 0. The monoisotopic (exact) mass is 301 g/mol. The van der Waals surface area contributed by atoms with E-state index in [4.69, 9.17) is 15.9 Å². The molecule has 5 nitrogen and oxygen atoms in total. The minimum atomic E-state index is 0.125. The van der Waals surface area contributed by atoms with Crippen molar-refractivity contribution in [2.45, 2.75) is 64.1 Å². The fourth-order valence-corrected chi connectivity index (χ4v) is 3.89. The van der Waals surface area contributed by atoms with E-state index in [9.17, 15) is 0 Å². The highest BCUT2D eigenvalue weighted by atomic mass is 16.3. The number of hydrogen-bond acceptors (Lipinski definition) is 5. The van der Waals surface area contributed by atoms with Crippen LogP contribution >= 0.6 is 0 Å². The van der Waals surface area contributed by atoms with E-state index < -0.39 is 0 Å². The molecule has 0 aromatic heterocycles. The zero-order chi connectivity index (χ0) is 16.1. The summed E-state index contributed by atoms with van der Waals surface area (Å²) < 4.78 is 0. The fraction of sp³-hybridized carbons (Fsp3) is 1.00. The predicted octanol–water partition coefficient (Wildman–Crippen LogP) is 0.547. The molecule has 5 heteroatoms. The maximum Gasteiger partial charge on any atom is 0.0558 e. The van der Waals surface area contributed by atoms with Crippen molar-refractivity contribution in [1.29, 1.82) is 0 Å². The highest BCUT2D eigenvalue weighted by Gasteiger charge is 2.39. The van der Waals surface area contributed by atoms with Gasteiger partial charge in [0.25, 0.3) is 0 Å². The van der Waals surface area contributed by atoms with Gasteiger partial charge in [0, 0.05) is 30.2 Å². The smallest absolute Gasteiger partial charge is 0.0558 e. The van der Waals surface area contributed by atoms with E-state index in [1.165, 1.54) is 0 Å². The first-order chi connectivity index (χ1) is 9.69. The third-order valence-corrected chi connectivity index (χ3v) is 4.44. The Morgan fingerprint density at radius 3 is 1.95 bits per heavy atom. The first kappa shape index (κ1) is 18.8. The van der Waals surface area contributed by atoms with Crippen LogP contribution < -0.4 is 11.1 Å². The Hall–Kier alpha value is -0.200. The van der Waals surface area contributed by atoms with Gasteiger partial charge >= 0.3 is 0 Å². The van der Waals surface area contributed by atoms with E-state index in [1.807, 2.05) is 0 Å². The van der Waals surface area contributed by atoms with Crippen molar-refractivity contribution in [3.8, 4) is 0 Å². The molecule has 1 atom stereocenters. The molecule has 1 saturated heterocycles. The number of nitrogens with zero attached hydrogens (tertiary/aromatic N) is 1. The van der Waals surface area contributed by atoms with Crippen molar-refractivity contribution in [2.75, 3.05) is 32.8 Å². The van der Waals surface area contributed by atoms with Gasteiger partial charge < -0.3 is 21.3 Å². The zero-order valence-corrected chi connectivity index (χ0v) is 14.2. The average molecular weight is 301 g/mol. The third kappa shape index (κ3) is 6.61. The summed E-state index contributed by atoms with van der Waals surface area (Å²) in [5.41, 5.74) is 6.70. The fourth-order valence-electron chi connectivity index (χ4n) is 3.89. The molecule has 21 heavy (non-hydrogen) atoms. The van der Waals surface area contributed by atoms with Crippen molar-refractivity contribution in [3.05, 3.63) is 0 Å². The first-order valence-corrected chi connectivity index (χ1v) is 8.18. The number of nitrogens with two attached hydrogens (primary N) is 1. The molecule has 1 fully saturated rings. The molecular weight excluding hydrogens is 266 g/mol. The molecule has 1 aliphatic rings. The average Bonchev–Trinajstić information content (AvgIpc) is 2.32. The van der Waals surface area contributed by atoms with Crippen molar-refractivity contribution in [2.24, 2.45) is 11.7 Å². The molecule has 1 unspecified atom stereocenters. The number of nitrogens with one attached hydrogen (secondary N) is 1. The molecule has 0 saturated carbocycles. The largest absolute Gasteiger partial charge is 0.395 e. The van der Waals surface area contributed by atoms with Gasteiger partial charge in [0.2, 0.25) is 0 Å². The molecule has 0 amide bonds. The zero-order valence-electron chi connectivity index (χ0n) is 14.2. The number of aliphatic hydroxyl groups is 2. The lowest BCUT2D eigenvalue weighted by Gasteiger charge is -2.48. The molecule has 5 N–H and O–H groups in total. The van der Waals surface area contributed by atoms with Gasteiger partial charge in [-0.1, -0.05) is 0 Å². The van der Waals surface area contributed by atoms with Crippen LogP contribution in [-0.4, -0.2) is 65.1 Å². The molecule has 1 heterocycles. The first-order valence-electron chi connectivity index (χ1n) is 8.18. The van der Waals surface area contributed by atoms with Crippen molar-refractivity contribution < 1.29 is 10.2 Å². The normalized spacial score (nSPS) is 23.4. The Morgan fingerprint density at radius 1 is 1.05 bits per heavy atom. The molecule has 0 aromatic rings.